The van der Waals surface area contributed by atoms with Crippen molar-refractivity contribution in [2.45, 2.75) is 19.5 Å². The summed E-state index contributed by atoms with van der Waals surface area (Å²) >= 11 is 0. The lowest BCUT2D eigenvalue weighted by Crippen LogP contribution is -2.27. The first-order chi connectivity index (χ1) is 9.91. The summed E-state index contributed by atoms with van der Waals surface area (Å²) in [6, 6.07) is 3.52. The molecule has 0 aromatic heterocycles. The molecular weight excluding hydrogens is 285 g/mol. The van der Waals surface area contributed by atoms with E-state index in [1.54, 1.807) is 0 Å². The Hall–Kier alpha value is -1.76. The third-order valence-corrected chi connectivity index (χ3v) is 2.82. The van der Waals surface area contributed by atoms with Crippen molar-refractivity contribution in [3.8, 4) is 0 Å². The van der Waals surface area contributed by atoms with Crippen molar-refractivity contribution in [1.29, 1.82) is 0 Å². The van der Waals surface area contributed by atoms with Gasteiger partial charge in [0.05, 0.1) is 16.8 Å². The minimum absolute atomic E-state index is 0.0243. The summed E-state index contributed by atoms with van der Waals surface area (Å²) in [5, 5.41) is 5.04. The van der Waals surface area contributed by atoms with E-state index < -0.39 is 17.6 Å². The van der Waals surface area contributed by atoms with Gasteiger partial charge < -0.3 is 15.4 Å². The zero-order chi connectivity index (χ0) is 15.9. The van der Waals surface area contributed by atoms with Crippen LogP contribution in [0.5, 0.6) is 0 Å². The lowest BCUT2D eigenvalue weighted by molar-refractivity contribution is -0.136. The molecule has 1 amide bonds. The summed E-state index contributed by atoms with van der Waals surface area (Å²) in [6.45, 7) is 3.29. The van der Waals surface area contributed by atoms with Crippen LogP contribution in [0.3, 0.4) is 0 Å². The number of nitrogens with one attached hydrogen (secondary N) is 2. The monoisotopic (exact) mass is 304 g/mol. The minimum atomic E-state index is -4.51. The maximum atomic E-state index is 12.9. The van der Waals surface area contributed by atoms with Gasteiger partial charge in [-0.05, 0) is 25.5 Å². The van der Waals surface area contributed by atoms with Crippen LogP contribution < -0.4 is 10.6 Å². The lowest BCUT2D eigenvalue weighted by atomic mass is 10.1. The Kier molecular flexibility index (Phi) is 6.48. The van der Waals surface area contributed by atoms with Gasteiger partial charge in [-0.1, -0.05) is 6.07 Å². The fourth-order valence-electron chi connectivity index (χ4n) is 1.86. The first-order valence-corrected chi connectivity index (χ1v) is 6.65. The second kappa shape index (κ2) is 7.87. The normalized spacial score (nSPS) is 11.3. The van der Waals surface area contributed by atoms with Crippen LogP contribution in [-0.4, -0.2) is 32.7 Å². The van der Waals surface area contributed by atoms with Crippen molar-refractivity contribution >= 4 is 11.6 Å². The van der Waals surface area contributed by atoms with Gasteiger partial charge in [0, 0.05) is 26.8 Å². The van der Waals surface area contributed by atoms with Crippen molar-refractivity contribution in [2.24, 2.45) is 0 Å². The van der Waals surface area contributed by atoms with Crippen molar-refractivity contribution in [3.63, 3.8) is 0 Å². The number of carbonyl (C=O) groups excluding carboxylic acids is 1. The van der Waals surface area contributed by atoms with Crippen LogP contribution in [0.2, 0.25) is 0 Å². The van der Waals surface area contributed by atoms with Crippen LogP contribution in [0.4, 0.5) is 18.9 Å². The fraction of sp³-hybridized carbons (Fsp3) is 0.500. The average molecular weight is 304 g/mol. The van der Waals surface area contributed by atoms with Crippen LogP contribution in [0.25, 0.3) is 0 Å². The molecule has 0 heterocycles. The van der Waals surface area contributed by atoms with E-state index in [9.17, 15) is 18.0 Å². The molecule has 118 valence electrons. The number of hydrogen-bond donors (Lipinski definition) is 2. The largest absolute Gasteiger partial charge is 0.418 e. The number of carbonyl (C=O) groups is 1. The number of para-hydroxylation sites is 1. The molecule has 2 N–H and O–H groups in total. The Labute approximate surface area is 121 Å². The molecule has 0 bridgehead atoms. The van der Waals surface area contributed by atoms with Crippen LogP contribution in [0, 0.1) is 0 Å². The number of benzene rings is 1. The zero-order valence-corrected chi connectivity index (χ0v) is 12.0. The number of ether oxygens (including phenoxy) is 1. The summed E-state index contributed by atoms with van der Waals surface area (Å²) in [5.41, 5.74) is -1.09. The second-order valence-corrected chi connectivity index (χ2v) is 4.28. The molecule has 0 fully saturated rings. The van der Waals surface area contributed by atoms with Crippen LogP contribution in [-0.2, 0) is 10.9 Å². The molecule has 1 aromatic rings. The first kappa shape index (κ1) is 17.3. The van der Waals surface area contributed by atoms with Crippen molar-refractivity contribution < 1.29 is 22.7 Å². The van der Waals surface area contributed by atoms with Gasteiger partial charge in [-0.15, -0.1) is 0 Å². The maximum absolute atomic E-state index is 12.9. The third-order valence-electron chi connectivity index (χ3n) is 2.82. The smallest absolute Gasteiger partial charge is 0.387 e. The molecular formula is C14H19F3N2O2. The molecule has 0 saturated heterocycles. The second-order valence-electron chi connectivity index (χ2n) is 4.28. The van der Waals surface area contributed by atoms with Gasteiger partial charge in [-0.3, -0.25) is 4.79 Å². The quantitative estimate of drug-likeness (QED) is 0.762. The molecule has 1 rings (SSSR count). The SMILES string of the molecule is CCOCCCNC(=O)c1cccc(C(F)(F)F)c1NC. The topological polar surface area (TPSA) is 50.4 Å². The molecule has 0 aliphatic rings. The van der Waals surface area contributed by atoms with Gasteiger partial charge in [0.25, 0.3) is 5.91 Å². The van der Waals surface area contributed by atoms with E-state index in [-0.39, 0.29) is 11.3 Å². The molecule has 21 heavy (non-hydrogen) atoms. The molecule has 0 aliphatic heterocycles. The van der Waals surface area contributed by atoms with Crippen molar-refractivity contribution in [3.05, 3.63) is 29.3 Å². The highest BCUT2D eigenvalue weighted by Crippen LogP contribution is 2.36. The number of anilines is 1. The van der Waals surface area contributed by atoms with Gasteiger partial charge in [0.15, 0.2) is 0 Å². The highest BCUT2D eigenvalue weighted by molar-refractivity contribution is 6.00. The molecule has 1 aromatic carbocycles. The molecule has 0 aliphatic carbocycles. The number of rotatable bonds is 7. The van der Waals surface area contributed by atoms with E-state index >= 15 is 0 Å². The van der Waals surface area contributed by atoms with Gasteiger partial charge >= 0.3 is 6.18 Å². The first-order valence-electron chi connectivity index (χ1n) is 6.65. The Morgan fingerprint density at radius 3 is 2.62 bits per heavy atom. The number of halogens is 3. The Balaban J connectivity index is 2.80. The van der Waals surface area contributed by atoms with Crippen LogP contribution in [0.1, 0.15) is 29.3 Å². The van der Waals surface area contributed by atoms with E-state index in [2.05, 4.69) is 10.6 Å². The molecule has 0 radical (unpaired) electrons. The third kappa shape index (κ3) is 4.93. The van der Waals surface area contributed by atoms with Crippen molar-refractivity contribution in [1.82, 2.24) is 5.32 Å². The summed E-state index contributed by atoms with van der Waals surface area (Å²) < 4.78 is 43.8. The van der Waals surface area contributed by atoms with Gasteiger partial charge in [0.2, 0.25) is 0 Å². The standard InChI is InChI=1S/C14H19F3N2O2/c1-3-21-9-5-8-19-13(20)10-6-4-7-11(12(10)18-2)14(15,16)17/h4,6-7,18H,3,5,8-9H2,1-2H3,(H,19,20). The molecule has 0 saturated carbocycles. The van der Waals surface area contributed by atoms with Crippen LogP contribution >= 0.6 is 0 Å². The van der Waals surface area contributed by atoms with E-state index in [4.69, 9.17) is 4.74 Å². The highest BCUT2D eigenvalue weighted by Gasteiger charge is 2.34. The van der Waals surface area contributed by atoms with Gasteiger partial charge in [0.1, 0.15) is 0 Å². The van der Waals surface area contributed by atoms with E-state index in [1.165, 1.54) is 19.2 Å². The predicted molar refractivity (Wildman–Crippen MR) is 74.4 cm³/mol. The summed E-state index contributed by atoms with van der Waals surface area (Å²) in [4.78, 5) is 12.0. The van der Waals surface area contributed by atoms with Crippen LogP contribution in [0.15, 0.2) is 18.2 Å². The Bertz CT molecular complexity index is 476. The average Bonchev–Trinajstić information content (AvgIpc) is 2.45. The number of amides is 1. The molecule has 0 atom stereocenters. The molecule has 7 heteroatoms. The summed E-state index contributed by atoms with van der Waals surface area (Å²) in [7, 11) is 1.36. The molecule has 4 nitrogen and oxygen atoms in total. The zero-order valence-electron chi connectivity index (χ0n) is 12.0. The minimum Gasteiger partial charge on any atom is -0.387 e. The van der Waals surface area contributed by atoms with Crippen molar-refractivity contribution in [2.75, 3.05) is 32.1 Å². The molecule has 0 spiro atoms. The van der Waals surface area contributed by atoms with E-state index in [1.807, 2.05) is 6.92 Å². The predicted octanol–water partition coefficient (Wildman–Crippen LogP) is 2.90. The van der Waals surface area contributed by atoms with Gasteiger partial charge in [-0.25, -0.2) is 0 Å². The fourth-order valence-corrected chi connectivity index (χ4v) is 1.86. The summed E-state index contributed by atoms with van der Waals surface area (Å²) in [6.07, 6.45) is -3.91. The van der Waals surface area contributed by atoms with Gasteiger partial charge in [-0.2, -0.15) is 13.2 Å². The Morgan fingerprint density at radius 2 is 2.05 bits per heavy atom. The lowest BCUT2D eigenvalue weighted by Gasteiger charge is -2.16. The van der Waals surface area contributed by atoms with E-state index in [0.29, 0.717) is 26.2 Å². The maximum Gasteiger partial charge on any atom is 0.418 e. The van der Waals surface area contributed by atoms with E-state index in [0.717, 1.165) is 6.07 Å². The number of hydrogen-bond acceptors (Lipinski definition) is 3. The number of alkyl halides is 3. The highest BCUT2D eigenvalue weighted by atomic mass is 19.4. The molecule has 0 unspecified atom stereocenters. The summed E-state index contributed by atoms with van der Waals surface area (Å²) in [5.74, 6) is -0.540. The Morgan fingerprint density at radius 1 is 1.33 bits per heavy atom.